The molecule has 1 N–H and O–H groups in total. The normalized spacial score (nSPS) is 14.1. The quantitative estimate of drug-likeness (QED) is 0.896. The Labute approximate surface area is 110 Å². The molecular formula is C15H16O2S. The van der Waals surface area contributed by atoms with Gasteiger partial charge >= 0.3 is 0 Å². The molecule has 0 aliphatic rings. The highest BCUT2D eigenvalue weighted by atomic mass is 32.2. The third kappa shape index (κ3) is 3.79. The van der Waals surface area contributed by atoms with Gasteiger partial charge < -0.3 is 5.11 Å². The third-order valence-corrected chi connectivity index (χ3v) is 4.15. The van der Waals surface area contributed by atoms with E-state index < -0.39 is 16.9 Å². The monoisotopic (exact) mass is 260 g/mol. The van der Waals surface area contributed by atoms with Crippen LogP contribution in [0.25, 0.3) is 0 Å². The standard InChI is InChI=1S/C15H16O2S/c16-14(11-13-7-3-1-4-8-13)12-18(17)15-9-5-2-6-10-15/h1-10,14,16H,11-12H2. The summed E-state index contributed by atoms with van der Waals surface area (Å²) in [6.07, 6.45) is -0.0344. The molecule has 0 heterocycles. The predicted octanol–water partition coefficient (Wildman–Crippen LogP) is 2.40. The molecule has 0 saturated carbocycles. The molecule has 0 bridgehead atoms. The Morgan fingerprint density at radius 1 is 0.944 bits per heavy atom. The van der Waals surface area contributed by atoms with Crippen LogP contribution in [0.4, 0.5) is 0 Å². The molecule has 2 aromatic rings. The van der Waals surface area contributed by atoms with Crippen LogP contribution in [0.2, 0.25) is 0 Å². The maximum absolute atomic E-state index is 12.0. The predicted molar refractivity (Wildman–Crippen MR) is 73.9 cm³/mol. The molecule has 0 amide bonds. The summed E-state index contributed by atoms with van der Waals surface area (Å²) >= 11 is 0. The Morgan fingerprint density at radius 3 is 2.11 bits per heavy atom. The van der Waals surface area contributed by atoms with E-state index in [9.17, 15) is 9.32 Å². The van der Waals surface area contributed by atoms with Gasteiger partial charge in [-0.25, -0.2) is 0 Å². The Morgan fingerprint density at radius 2 is 1.50 bits per heavy atom. The van der Waals surface area contributed by atoms with Gasteiger partial charge in [0.15, 0.2) is 0 Å². The van der Waals surface area contributed by atoms with Gasteiger partial charge in [-0.1, -0.05) is 48.5 Å². The van der Waals surface area contributed by atoms with Crippen molar-refractivity contribution in [2.24, 2.45) is 0 Å². The lowest BCUT2D eigenvalue weighted by Crippen LogP contribution is -2.19. The van der Waals surface area contributed by atoms with E-state index in [0.29, 0.717) is 6.42 Å². The van der Waals surface area contributed by atoms with Crippen LogP contribution in [0.15, 0.2) is 65.6 Å². The summed E-state index contributed by atoms with van der Waals surface area (Å²) in [5.41, 5.74) is 1.06. The highest BCUT2D eigenvalue weighted by Crippen LogP contribution is 2.09. The van der Waals surface area contributed by atoms with Gasteiger partial charge in [0.25, 0.3) is 0 Å². The van der Waals surface area contributed by atoms with E-state index in [1.807, 2.05) is 60.7 Å². The zero-order valence-electron chi connectivity index (χ0n) is 10.0. The second kappa shape index (κ2) is 6.47. The van der Waals surface area contributed by atoms with E-state index in [1.165, 1.54) is 0 Å². The van der Waals surface area contributed by atoms with Gasteiger partial charge in [-0.3, -0.25) is 4.21 Å². The fraction of sp³-hybridized carbons (Fsp3) is 0.200. The highest BCUT2D eigenvalue weighted by molar-refractivity contribution is 7.85. The summed E-state index contributed by atoms with van der Waals surface area (Å²) in [5.74, 6) is 0.277. The van der Waals surface area contributed by atoms with Crippen molar-refractivity contribution in [3.8, 4) is 0 Å². The van der Waals surface area contributed by atoms with Gasteiger partial charge in [0.05, 0.1) is 22.7 Å². The molecule has 2 nitrogen and oxygen atoms in total. The van der Waals surface area contributed by atoms with E-state index in [-0.39, 0.29) is 5.75 Å². The van der Waals surface area contributed by atoms with Crippen molar-refractivity contribution >= 4 is 10.8 Å². The molecule has 3 heteroatoms. The first-order chi connectivity index (χ1) is 8.75. The first-order valence-corrected chi connectivity index (χ1v) is 7.23. The molecule has 0 fully saturated rings. The smallest absolute Gasteiger partial charge is 0.0699 e. The first kappa shape index (κ1) is 13.0. The van der Waals surface area contributed by atoms with E-state index in [4.69, 9.17) is 0 Å². The fourth-order valence-electron chi connectivity index (χ4n) is 1.79. The summed E-state index contributed by atoms with van der Waals surface area (Å²) in [4.78, 5) is 0.768. The van der Waals surface area contributed by atoms with Crippen LogP contribution in [0.1, 0.15) is 5.56 Å². The van der Waals surface area contributed by atoms with Crippen LogP contribution >= 0.6 is 0 Å². The molecule has 2 unspecified atom stereocenters. The molecular weight excluding hydrogens is 244 g/mol. The summed E-state index contributed by atoms with van der Waals surface area (Å²) in [7, 11) is -1.14. The van der Waals surface area contributed by atoms with Gasteiger partial charge in [0, 0.05) is 4.90 Å². The van der Waals surface area contributed by atoms with Crippen molar-refractivity contribution in [2.45, 2.75) is 17.4 Å². The van der Waals surface area contributed by atoms with E-state index in [1.54, 1.807) is 0 Å². The number of rotatable bonds is 5. The maximum Gasteiger partial charge on any atom is 0.0699 e. The maximum atomic E-state index is 12.0. The Balaban J connectivity index is 1.92. The lowest BCUT2D eigenvalue weighted by Gasteiger charge is -2.10. The minimum Gasteiger partial charge on any atom is -0.392 e. The largest absolute Gasteiger partial charge is 0.392 e. The molecule has 0 radical (unpaired) electrons. The molecule has 0 saturated heterocycles. The van der Waals surface area contributed by atoms with Crippen LogP contribution < -0.4 is 0 Å². The zero-order valence-corrected chi connectivity index (χ0v) is 10.8. The summed E-state index contributed by atoms with van der Waals surface area (Å²) in [5, 5.41) is 9.94. The van der Waals surface area contributed by atoms with Gasteiger partial charge in [-0.15, -0.1) is 0 Å². The zero-order chi connectivity index (χ0) is 12.8. The SMILES string of the molecule is O=S(CC(O)Cc1ccccc1)c1ccccc1. The Bertz CT molecular complexity index is 496. The number of hydrogen-bond donors (Lipinski definition) is 1. The van der Waals surface area contributed by atoms with E-state index in [2.05, 4.69) is 0 Å². The van der Waals surface area contributed by atoms with Crippen LogP contribution in [-0.4, -0.2) is 21.2 Å². The molecule has 0 spiro atoms. The average molecular weight is 260 g/mol. The van der Waals surface area contributed by atoms with Crippen LogP contribution in [-0.2, 0) is 17.2 Å². The van der Waals surface area contributed by atoms with Crippen molar-refractivity contribution in [1.29, 1.82) is 0 Å². The van der Waals surface area contributed by atoms with E-state index in [0.717, 1.165) is 10.5 Å². The van der Waals surface area contributed by atoms with Crippen molar-refractivity contribution in [3.63, 3.8) is 0 Å². The minimum absolute atomic E-state index is 0.277. The number of aliphatic hydroxyl groups is 1. The lowest BCUT2D eigenvalue weighted by atomic mass is 10.1. The van der Waals surface area contributed by atoms with E-state index >= 15 is 0 Å². The van der Waals surface area contributed by atoms with Crippen LogP contribution in [0.5, 0.6) is 0 Å². The van der Waals surface area contributed by atoms with Crippen molar-refractivity contribution < 1.29 is 9.32 Å². The Kier molecular flexibility index (Phi) is 4.67. The molecule has 2 rings (SSSR count). The topological polar surface area (TPSA) is 37.3 Å². The molecule has 18 heavy (non-hydrogen) atoms. The highest BCUT2D eigenvalue weighted by Gasteiger charge is 2.11. The van der Waals surface area contributed by atoms with Crippen molar-refractivity contribution in [1.82, 2.24) is 0 Å². The van der Waals surface area contributed by atoms with Crippen molar-refractivity contribution in [2.75, 3.05) is 5.75 Å². The summed E-state index contributed by atoms with van der Waals surface area (Å²) < 4.78 is 12.0. The molecule has 0 aliphatic heterocycles. The van der Waals surface area contributed by atoms with Gasteiger partial charge in [0.1, 0.15) is 0 Å². The minimum atomic E-state index is -1.14. The fourth-order valence-corrected chi connectivity index (χ4v) is 2.91. The average Bonchev–Trinajstić information content (AvgIpc) is 2.40. The number of hydrogen-bond acceptors (Lipinski definition) is 2. The van der Waals surface area contributed by atoms with Gasteiger partial charge in [-0.05, 0) is 24.1 Å². The molecule has 0 aliphatic carbocycles. The molecule has 94 valence electrons. The number of aliphatic hydroxyl groups excluding tert-OH is 1. The second-order valence-electron chi connectivity index (χ2n) is 4.17. The van der Waals surface area contributed by atoms with Crippen molar-refractivity contribution in [3.05, 3.63) is 66.2 Å². The van der Waals surface area contributed by atoms with Crippen LogP contribution in [0, 0.1) is 0 Å². The molecule has 2 aromatic carbocycles. The van der Waals surface area contributed by atoms with Gasteiger partial charge in [-0.2, -0.15) is 0 Å². The second-order valence-corrected chi connectivity index (χ2v) is 5.66. The summed E-state index contributed by atoms with van der Waals surface area (Å²) in [6.45, 7) is 0. The lowest BCUT2D eigenvalue weighted by molar-refractivity contribution is 0.199. The number of benzene rings is 2. The molecule has 2 atom stereocenters. The van der Waals surface area contributed by atoms with Crippen LogP contribution in [0.3, 0.4) is 0 Å². The van der Waals surface area contributed by atoms with Gasteiger partial charge in [0.2, 0.25) is 0 Å². The summed E-state index contributed by atoms with van der Waals surface area (Å²) in [6, 6.07) is 19.0. The molecule has 0 aromatic heterocycles. The third-order valence-electron chi connectivity index (χ3n) is 2.66. The Hall–Kier alpha value is -1.45. The first-order valence-electron chi connectivity index (χ1n) is 5.91.